The zero-order valence-electron chi connectivity index (χ0n) is 29.5. The number of aromatic nitrogens is 3. The molecule has 0 unspecified atom stereocenters. The van der Waals surface area contributed by atoms with Crippen LogP contribution in [0, 0.1) is 56.7 Å². The Morgan fingerprint density at radius 3 is 2.46 bits per heavy atom. The molecule has 262 valence electrons. The Morgan fingerprint density at radius 1 is 1.02 bits per heavy atom. The second kappa shape index (κ2) is 11.7. The van der Waals surface area contributed by atoms with Crippen molar-refractivity contribution in [1.29, 1.82) is 0 Å². The largest absolute Gasteiger partial charge is 0.396 e. The molecule has 4 fully saturated rings. The quantitative estimate of drug-likeness (QED) is 0.258. The Hall–Kier alpha value is -2.07. The molecule has 7 rings (SSSR count). The van der Waals surface area contributed by atoms with E-state index in [1.54, 1.807) is 4.68 Å². The van der Waals surface area contributed by atoms with Gasteiger partial charge in [0.15, 0.2) is 0 Å². The van der Waals surface area contributed by atoms with Gasteiger partial charge in [-0.25, -0.2) is 4.68 Å². The van der Waals surface area contributed by atoms with Crippen LogP contribution in [0.3, 0.4) is 0 Å². The lowest BCUT2D eigenvalue weighted by Crippen LogP contribution is -2.68. The van der Waals surface area contributed by atoms with Crippen LogP contribution in [0.5, 0.6) is 0 Å². The normalized spacial score (nSPS) is 45.2. The Bertz CT molecular complexity index is 1590. The first kappa shape index (κ1) is 34.4. The summed E-state index contributed by atoms with van der Waals surface area (Å²) in [6.07, 6.45) is 9.84. The number of nitrogens with zero attached hydrogens (tertiary/aromatic N) is 3. The van der Waals surface area contributed by atoms with Gasteiger partial charge in [0.1, 0.15) is 5.69 Å². The van der Waals surface area contributed by atoms with Gasteiger partial charge >= 0.3 is 0 Å². The minimum absolute atomic E-state index is 0.0186. The third-order valence-corrected chi connectivity index (χ3v) is 16.1. The number of carbonyl (C=O) groups is 1. The highest BCUT2D eigenvalue weighted by Gasteiger charge is 2.70. The molecule has 1 aromatic heterocycles. The molecule has 2 aromatic rings. The number of hydrogen-bond acceptors (Lipinski definition) is 6. The number of carbonyl (C=O) groups excluding carboxylic acids is 1. The molecule has 0 spiro atoms. The molecular formula is C39H55BrN4O4. The van der Waals surface area contributed by atoms with Crippen molar-refractivity contribution in [3.8, 4) is 5.69 Å². The van der Waals surface area contributed by atoms with Crippen LogP contribution in [0.25, 0.3) is 5.69 Å². The highest BCUT2D eigenvalue weighted by atomic mass is 79.9. The van der Waals surface area contributed by atoms with Crippen molar-refractivity contribution in [2.24, 2.45) is 56.7 Å². The molecule has 9 heteroatoms. The standard InChI is InChI=1S/C39H55BrN4O4/c1-23-13-16-39(34(48)41-20-26-21-44(43-42-26)27-9-7-25(40)8-10-27)18-17-37(5)28(32(39)24(23)2)11-12-31-35(3)19-29(46)33(47)36(4,22-45)30(35)14-15-38(31,37)6/h7-11,21,23-24,29-33,45-47H,12-20,22H2,1-6H3,(H,41,48)/t23-,24+,29-,30-,31-,32+,33+,35+,36+,37-,38-,39+/m1/s1. The molecule has 0 aliphatic heterocycles. The lowest BCUT2D eigenvalue weighted by Gasteiger charge is -2.71. The molecule has 4 N–H and O–H groups in total. The van der Waals surface area contributed by atoms with Crippen LogP contribution in [0.1, 0.15) is 98.6 Å². The summed E-state index contributed by atoms with van der Waals surface area (Å²) in [5, 5.41) is 45.0. The smallest absolute Gasteiger partial charge is 0.227 e. The lowest BCUT2D eigenvalue weighted by molar-refractivity contribution is -0.243. The van der Waals surface area contributed by atoms with Gasteiger partial charge in [-0.1, -0.05) is 74.3 Å². The van der Waals surface area contributed by atoms with Gasteiger partial charge < -0.3 is 20.6 Å². The van der Waals surface area contributed by atoms with Gasteiger partial charge in [0, 0.05) is 9.89 Å². The maximum atomic E-state index is 14.6. The number of benzene rings is 1. The van der Waals surface area contributed by atoms with Gasteiger partial charge in [0.05, 0.1) is 42.7 Å². The van der Waals surface area contributed by atoms with E-state index in [1.165, 1.54) is 5.57 Å². The van der Waals surface area contributed by atoms with Crippen LogP contribution in [0.4, 0.5) is 0 Å². The summed E-state index contributed by atoms with van der Waals surface area (Å²) in [6, 6.07) is 7.91. The van der Waals surface area contributed by atoms with Crippen LogP contribution >= 0.6 is 15.9 Å². The predicted octanol–water partition coefficient (Wildman–Crippen LogP) is 6.61. The van der Waals surface area contributed by atoms with E-state index in [-0.39, 0.29) is 40.6 Å². The van der Waals surface area contributed by atoms with Crippen molar-refractivity contribution < 1.29 is 20.1 Å². The van der Waals surface area contributed by atoms with Crippen molar-refractivity contribution in [1.82, 2.24) is 20.3 Å². The number of allylic oxidation sites excluding steroid dienone is 2. The molecule has 4 saturated carbocycles. The summed E-state index contributed by atoms with van der Waals surface area (Å²) in [6.45, 7) is 14.3. The van der Waals surface area contributed by atoms with Crippen LogP contribution in [0.15, 0.2) is 46.6 Å². The molecule has 0 saturated heterocycles. The summed E-state index contributed by atoms with van der Waals surface area (Å²) in [7, 11) is 0. The highest BCUT2D eigenvalue weighted by molar-refractivity contribution is 9.10. The second-order valence-electron chi connectivity index (χ2n) is 17.5. The van der Waals surface area contributed by atoms with Crippen molar-refractivity contribution in [3.05, 3.63) is 52.3 Å². The van der Waals surface area contributed by atoms with Crippen molar-refractivity contribution in [3.63, 3.8) is 0 Å². The molecule has 1 amide bonds. The summed E-state index contributed by atoms with van der Waals surface area (Å²) in [5.41, 5.74) is 1.67. The number of hydrogen-bond donors (Lipinski definition) is 4. The van der Waals surface area contributed by atoms with Gasteiger partial charge in [-0.15, -0.1) is 5.10 Å². The van der Waals surface area contributed by atoms with E-state index in [9.17, 15) is 20.1 Å². The minimum Gasteiger partial charge on any atom is -0.396 e. The van der Waals surface area contributed by atoms with Crippen molar-refractivity contribution >= 4 is 21.8 Å². The van der Waals surface area contributed by atoms with Crippen molar-refractivity contribution in [2.45, 2.75) is 112 Å². The molecule has 1 aromatic carbocycles. The number of aliphatic hydroxyl groups excluding tert-OH is 3. The molecule has 12 atom stereocenters. The van der Waals surface area contributed by atoms with E-state index < -0.39 is 23.0 Å². The Balaban J connectivity index is 1.19. The summed E-state index contributed by atoms with van der Waals surface area (Å²) in [5.74, 6) is 1.68. The van der Waals surface area contributed by atoms with Crippen LogP contribution in [0.2, 0.25) is 0 Å². The van der Waals surface area contributed by atoms with Gasteiger partial charge in [0.2, 0.25) is 5.91 Å². The van der Waals surface area contributed by atoms with Gasteiger partial charge in [-0.05, 0) is 121 Å². The Morgan fingerprint density at radius 2 is 1.75 bits per heavy atom. The molecule has 0 radical (unpaired) electrons. The molecule has 0 bridgehead atoms. The SMILES string of the molecule is C[C@H]1[C@H](C)CC[C@]2(C(=O)NCc3cn(-c4ccc(Br)cc4)nn3)CC[C@]3(C)C(=CC[C@@H]4[C@@]5(C)C[C@@H](O)[C@H](O)[C@@](C)(CO)[C@@H]5CC[C@]43C)[C@H]12. The first-order valence-electron chi connectivity index (χ1n) is 18.3. The van der Waals surface area contributed by atoms with Gasteiger partial charge in [-0.2, -0.15) is 0 Å². The lowest BCUT2D eigenvalue weighted by atomic mass is 9.33. The predicted molar refractivity (Wildman–Crippen MR) is 189 cm³/mol. The third kappa shape index (κ3) is 4.72. The number of rotatable bonds is 5. The highest BCUT2D eigenvalue weighted by Crippen LogP contribution is 2.75. The number of halogens is 1. The fourth-order valence-corrected chi connectivity index (χ4v) is 12.7. The van der Waals surface area contributed by atoms with E-state index >= 15 is 0 Å². The fourth-order valence-electron chi connectivity index (χ4n) is 12.5. The van der Waals surface area contributed by atoms with Crippen LogP contribution < -0.4 is 5.32 Å². The average Bonchev–Trinajstić information content (AvgIpc) is 3.54. The van der Waals surface area contributed by atoms with Gasteiger partial charge in [0.25, 0.3) is 0 Å². The van der Waals surface area contributed by atoms with Crippen LogP contribution in [-0.2, 0) is 11.3 Å². The molecular weight excluding hydrogens is 668 g/mol. The number of aliphatic hydroxyl groups is 3. The van der Waals surface area contributed by atoms with E-state index in [4.69, 9.17) is 0 Å². The third-order valence-electron chi connectivity index (χ3n) is 15.6. The van der Waals surface area contributed by atoms with E-state index in [0.717, 1.165) is 60.8 Å². The molecule has 8 nitrogen and oxygen atoms in total. The molecule has 48 heavy (non-hydrogen) atoms. The number of fused-ring (bicyclic) bond motifs is 7. The van der Waals surface area contributed by atoms with Crippen LogP contribution in [-0.4, -0.2) is 55.0 Å². The van der Waals surface area contributed by atoms with Gasteiger partial charge in [-0.3, -0.25) is 4.79 Å². The monoisotopic (exact) mass is 722 g/mol. The topological polar surface area (TPSA) is 121 Å². The maximum Gasteiger partial charge on any atom is 0.227 e. The van der Waals surface area contributed by atoms with E-state index in [2.05, 4.69) is 72.3 Å². The molecule has 5 aliphatic carbocycles. The number of amides is 1. The summed E-state index contributed by atoms with van der Waals surface area (Å²) >= 11 is 3.49. The van der Waals surface area contributed by atoms with E-state index in [0.29, 0.717) is 30.7 Å². The maximum absolute atomic E-state index is 14.6. The molecule has 5 aliphatic rings. The molecule has 1 heterocycles. The number of nitrogens with one attached hydrogen (secondary N) is 1. The van der Waals surface area contributed by atoms with Crippen molar-refractivity contribution in [2.75, 3.05) is 6.61 Å². The van der Waals surface area contributed by atoms with E-state index in [1.807, 2.05) is 37.4 Å². The fraction of sp³-hybridized carbons (Fsp3) is 0.718. The summed E-state index contributed by atoms with van der Waals surface area (Å²) in [4.78, 5) is 14.6. The first-order chi connectivity index (χ1) is 22.6. The zero-order chi connectivity index (χ0) is 34.4. The minimum atomic E-state index is -0.918. The second-order valence-corrected chi connectivity index (χ2v) is 18.4. The first-order valence-corrected chi connectivity index (χ1v) is 19.1. The Labute approximate surface area is 294 Å². The summed E-state index contributed by atoms with van der Waals surface area (Å²) < 4.78 is 2.75. The Kier molecular flexibility index (Phi) is 8.41. The average molecular weight is 724 g/mol. The zero-order valence-corrected chi connectivity index (χ0v) is 31.1.